The van der Waals surface area contributed by atoms with E-state index in [1.54, 1.807) is 48.3 Å². The lowest BCUT2D eigenvalue weighted by molar-refractivity contribution is -0.136. The van der Waals surface area contributed by atoms with Gasteiger partial charge in [-0.1, -0.05) is 49.0 Å². The molecule has 2 aliphatic rings. The zero-order valence-corrected chi connectivity index (χ0v) is 21.6. The van der Waals surface area contributed by atoms with Gasteiger partial charge in [0.05, 0.1) is 29.9 Å². The van der Waals surface area contributed by atoms with E-state index in [4.69, 9.17) is 9.73 Å². The quantitative estimate of drug-likeness (QED) is 0.468. The van der Waals surface area contributed by atoms with Gasteiger partial charge in [0.2, 0.25) is 0 Å². The summed E-state index contributed by atoms with van der Waals surface area (Å²) in [6, 6.07) is 15.5. The fourth-order valence-electron chi connectivity index (χ4n) is 4.59. The predicted molar refractivity (Wildman–Crippen MR) is 142 cm³/mol. The van der Waals surface area contributed by atoms with Gasteiger partial charge in [-0.25, -0.2) is 18.2 Å². The van der Waals surface area contributed by atoms with Gasteiger partial charge in [-0.15, -0.1) is 0 Å². The number of ether oxygens (including phenoxy) is 1. The molecule has 1 N–H and O–H groups in total. The number of benzene rings is 2. The Morgan fingerprint density at radius 2 is 1.94 bits per heavy atom. The highest BCUT2D eigenvalue weighted by Crippen LogP contribution is 2.41. The fourth-order valence-corrected chi connectivity index (χ4v) is 6.83. The number of hydrogen-bond donors (Lipinski definition) is 1. The average Bonchev–Trinajstić information content (AvgIpc) is 2.91. The maximum atomic E-state index is 13.2. The molecule has 3 aromatic rings. The van der Waals surface area contributed by atoms with Crippen LogP contribution in [0.25, 0.3) is 10.9 Å². The first-order chi connectivity index (χ1) is 17.4. The zero-order chi connectivity index (χ0) is 25.3. The van der Waals surface area contributed by atoms with Crippen LogP contribution >= 0.6 is 11.8 Å². The highest BCUT2D eigenvalue weighted by atomic mass is 32.2. The van der Waals surface area contributed by atoms with Crippen LogP contribution in [0.4, 0.5) is 5.69 Å². The molecule has 2 aromatic carbocycles. The van der Waals surface area contributed by atoms with Crippen LogP contribution < -0.4 is 4.72 Å². The molecule has 1 saturated heterocycles. The maximum absolute atomic E-state index is 13.2. The van der Waals surface area contributed by atoms with E-state index < -0.39 is 16.0 Å². The van der Waals surface area contributed by atoms with Gasteiger partial charge in [0.25, 0.3) is 10.0 Å². The summed E-state index contributed by atoms with van der Waals surface area (Å²) in [6.45, 7) is 2.75. The number of carbonyl (C=O) groups excluding carboxylic acids is 1. The number of nitrogens with zero attached hydrogens (tertiary/aromatic N) is 3. The molecule has 0 amide bonds. The van der Waals surface area contributed by atoms with Gasteiger partial charge >= 0.3 is 5.97 Å². The molecule has 0 bridgehead atoms. The summed E-state index contributed by atoms with van der Waals surface area (Å²) in [6.07, 6.45) is 3.16. The molecular formula is C26H26N4O4S2. The molecule has 1 unspecified atom stereocenters. The molecule has 8 nitrogen and oxygen atoms in total. The second-order valence-electron chi connectivity index (χ2n) is 8.46. The molecule has 1 fully saturated rings. The zero-order valence-electron chi connectivity index (χ0n) is 20.0. The lowest BCUT2D eigenvalue weighted by Gasteiger charge is -2.40. The van der Waals surface area contributed by atoms with Crippen LogP contribution in [0.1, 0.15) is 31.4 Å². The lowest BCUT2D eigenvalue weighted by atomic mass is 9.93. The first-order valence-corrected chi connectivity index (χ1v) is 14.2. The third-order valence-electron chi connectivity index (χ3n) is 6.25. The maximum Gasteiger partial charge on any atom is 0.338 e. The molecule has 0 radical (unpaired) electrons. The number of thioether (sulfide) groups is 1. The first-order valence-electron chi connectivity index (χ1n) is 11.7. The van der Waals surface area contributed by atoms with Crippen LogP contribution in [0.3, 0.4) is 0 Å². The van der Waals surface area contributed by atoms with Crippen molar-refractivity contribution >= 4 is 49.5 Å². The lowest BCUT2D eigenvalue weighted by Crippen LogP contribution is -2.42. The number of hydrogen-bond acceptors (Lipinski definition) is 8. The van der Waals surface area contributed by atoms with Crippen LogP contribution in [0.2, 0.25) is 0 Å². The first kappa shape index (κ1) is 24.3. The monoisotopic (exact) mass is 522 g/mol. The van der Waals surface area contributed by atoms with Gasteiger partial charge in [-0.3, -0.25) is 9.71 Å². The van der Waals surface area contributed by atoms with Gasteiger partial charge in [-0.05, 0) is 42.7 Å². The molecule has 2 aliphatic heterocycles. The van der Waals surface area contributed by atoms with Crippen LogP contribution in [-0.2, 0) is 19.6 Å². The number of methoxy groups -OCH3 is 1. The van der Waals surface area contributed by atoms with Crippen LogP contribution in [0.5, 0.6) is 0 Å². The largest absolute Gasteiger partial charge is 0.466 e. The van der Waals surface area contributed by atoms with Crippen molar-refractivity contribution in [2.75, 3.05) is 24.1 Å². The van der Waals surface area contributed by atoms with E-state index in [0.717, 1.165) is 40.5 Å². The van der Waals surface area contributed by atoms with Crippen molar-refractivity contribution in [3.05, 3.63) is 77.6 Å². The van der Waals surface area contributed by atoms with Crippen LogP contribution in [0.15, 0.2) is 82.0 Å². The van der Waals surface area contributed by atoms with Crippen molar-refractivity contribution < 1.29 is 17.9 Å². The Hall–Kier alpha value is -3.37. The van der Waals surface area contributed by atoms with Crippen molar-refractivity contribution in [3.63, 3.8) is 0 Å². The number of esters is 1. The van der Waals surface area contributed by atoms with Gasteiger partial charge in [-0.2, -0.15) is 0 Å². The van der Waals surface area contributed by atoms with Gasteiger partial charge in [0.15, 0.2) is 5.17 Å². The van der Waals surface area contributed by atoms with E-state index in [-0.39, 0.29) is 10.9 Å². The highest BCUT2D eigenvalue weighted by molar-refractivity contribution is 8.13. The van der Waals surface area contributed by atoms with E-state index in [1.807, 2.05) is 31.2 Å². The number of anilines is 1. The SMILES string of the molecule is CCC1=C(C(=O)OC)C(c2ccc(NS(=O)(=O)c3cccc4cccnc34)cc2)N2CCCSC2=N1. The van der Waals surface area contributed by atoms with Crippen molar-refractivity contribution in [2.45, 2.75) is 30.7 Å². The summed E-state index contributed by atoms with van der Waals surface area (Å²) in [4.78, 5) is 24.1. The Morgan fingerprint density at radius 1 is 1.17 bits per heavy atom. The summed E-state index contributed by atoms with van der Waals surface area (Å²) in [5, 5.41) is 1.66. The number of rotatable bonds is 6. The van der Waals surface area contributed by atoms with E-state index in [9.17, 15) is 13.2 Å². The van der Waals surface area contributed by atoms with Crippen LogP contribution in [-0.4, -0.2) is 48.8 Å². The number of fused-ring (bicyclic) bond motifs is 2. The summed E-state index contributed by atoms with van der Waals surface area (Å²) in [5.74, 6) is 0.583. The molecule has 186 valence electrons. The van der Waals surface area contributed by atoms with E-state index in [0.29, 0.717) is 23.2 Å². The summed E-state index contributed by atoms with van der Waals surface area (Å²) < 4.78 is 34.2. The van der Waals surface area contributed by atoms with Gasteiger partial charge < -0.3 is 9.64 Å². The van der Waals surface area contributed by atoms with Gasteiger partial charge in [0.1, 0.15) is 4.90 Å². The number of nitrogens with one attached hydrogen (secondary N) is 1. The molecule has 0 spiro atoms. The average molecular weight is 523 g/mol. The van der Waals surface area contributed by atoms with Crippen molar-refractivity contribution in [3.8, 4) is 0 Å². The second kappa shape index (κ2) is 9.94. The third-order valence-corrected chi connectivity index (χ3v) is 8.74. The molecule has 0 saturated carbocycles. The molecule has 3 heterocycles. The minimum Gasteiger partial charge on any atom is -0.466 e. The van der Waals surface area contributed by atoms with E-state index in [1.165, 1.54) is 7.11 Å². The number of aliphatic imine (C=N–C) groups is 1. The molecule has 5 rings (SSSR count). The van der Waals surface area contributed by atoms with E-state index >= 15 is 0 Å². The predicted octanol–water partition coefficient (Wildman–Crippen LogP) is 4.72. The molecule has 1 aromatic heterocycles. The van der Waals surface area contributed by atoms with Crippen molar-refractivity contribution in [1.82, 2.24) is 9.88 Å². The summed E-state index contributed by atoms with van der Waals surface area (Å²) in [7, 11) is -2.49. The number of pyridine rings is 1. The highest BCUT2D eigenvalue weighted by Gasteiger charge is 2.38. The van der Waals surface area contributed by atoms with Gasteiger partial charge in [0, 0.05) is 29.6 Å². The number of aromatic nitrogens is 1. The number of para-hydroxylation sites is 1. The smallest absolute Gasteiger partial charge is 0.338 e. The molecular weight excluding hydrogens is 496 g/mol. The number of amidine groups is 1. The number of allylic oxidation sites excluding steroid dienone is 1. The Morgan fingerprint density at radius 3 is 2.69 bits per heavy atom. The number of sulfonamides is 1. The summed E-state index contributed by atoms with van der Waals surface area (Å²) >= 11 is 1.69. The Bertz CT molecular complexity index is 1480. The van der Waals surface area contributed by atoms with Crippen molar-refractivity contribution in [2.24, 2.45) is 4.99 Å². The standard InChI is InChI=1S/C26H26N4O4S2/c1-3-20-22(25(31)34-2)24(30-15-6-16-35-26(30)28-20)18-10-12-19(13-11-18)29-36(32,33)21-9-4-7-17-8-5-14-27-23(17)21/h4-5,7-14,24,29H,3,6,15-16H2,1-2H3. The normalized spacial score (nSPS) is 18.0. The molecule has 1 atom stereocenters. The second-order valence-corrected chi connectivity index (χ2v) is 11.2. The minimum atomic E-state index is -3.87. The third kappa shape index (κ3) is 4.46. The topological polar surface area (TPSA) is 101 Å². The number of carbonyl (C=O) groups is 1. The summed E-state index contributed by atoms with van der Waals surface area (Å²) in [5.41, 5.74) is 2.96. The molecule has 0 aliphatic carbocycles. The molecule has 36 heavy (non-hydrogen) atoms. The van der Waals surface area contributed by atoms with E-state index in [2.05, 4.69) is 14.6 Å². The Labute approximate surface area is 214 Å². The van der Waals surface area contributed by atoms with Crippen LogP contribution in [0, 0.1) is 0 Å². The molecule has 10 heteroatoms. The Kier molecular flexibility index (Phi) is 6.72. The minimum absolute atomic E-state index is 0.117. The fraction of sp³-hybridized carbons (Fsp3) is 0.269. The Balaban J connectivity index is 1.48. The van der Waals surface area contributed by atoms with Crippen molar-refractivity contribution in [1.29, 1.82) is 0 Å².